The summed E-state index contributed by atoms with van der Waals surface area (Å²) in [4.78, 5) is 29.4. The third-order valence-electron chi connectivity index (χ3n) is 10.2. The molecule has 46 heavy (non-hydrogen) atoms. The fraction of sp³-hybridized carbons (Fsp3) is 0.105. The topological polar surface area (TPSA) is 134 Å². The second kappa shape index (κ2) is 8.11. The van der Waals surface area contributed by atoms with Crippen molar-refractivity contribution < 1.29 is 39.5 Å². The van der Waals surface area contributed by atoms with Crippen LogP contribution in [0.1, 0.15) is 43.7 Å². The molecule has 0 spiro atoms. The molecule has 4 unspecified atom stereocenters. The van der Waals surface area contributed by atoms with E-state index in [4.69, 9.17) is 9.47 Å². The summed E-state index contributed by atoms with van der Waals surface area (Å²) in [6, 6.07) is 27.0. The van der Waals surface area contributed by atoms with Gasteiger partial charge in [0.05, 0.1) is 11.8 Å². The van der Waals surface area contributed by atoms with Crippen molar-refractivity contribution in [1.29, 1.82) is 0 Å². The first-order valence-corrected chi connectivity index (χ1v) is 14.9. The van der Waals surface area contributed by atoms with E-state index >= 15 is 0 Å². The fourth-order valence-electron chi connectivity index (χ4n) is 8.25. The van der Waals surface area contributed by atoms with Crippen LogP contribution in [0, 0.1) is 0 Å². The molecule has 8 nitrogen and oxygen atoms in total. The molecule has 6 aromatic rings. The number of ketones is 2. The van der Waals surface area contributed by atoms with E-state index in [9.17, 15) is 30.0 Å². The molecule has 10 rings (SSSR count). The molecule has 0 saturated carbocycles. The third-order valence-corrected chi connectivity index (χ3v) is 10.2. The molecule has 0 bridgehead atoms. The first-order valence-electron chi connectivity index (χ1n) is 14.9. The van der Waals surface area contributed by atoms with Gasteiger partial charge in [-0.1, -0.05) is 60.7 Å². The van der Waals surface area contributed by atoms with Gasteiger partial charge in [0.15, 0.2) is 0 Å². The molecule has 0 fully saturated rings. The number of phenolic OH excluding ortho intramolecular Hbond substituents is 2. The van der Waals surface area contributed by atoms with Crippen LogP contribution in [0.3, 0.4) is 0 Å². The Kier molecular flexibility index (Phi) is 4.52. The molecule has 0 saturated heterocycles. The summed E-state index contributed by atoms with van der Waals surface area (Å²) in [5.41, 5.74) is 3.80. The Balaban J connectivity index is 1.32. The highest BCUT2D eigenvalue weighted by Gasteiger charge is 2.70. The molecule has 4 aliphatic rings. The minimum Gasteiger partial charge on any atom is -0.508 e. The quantitative estimate of drug-likeness (QED) is 0.184. The Morgan fingerprint density at radius 1 is 0.500 bits per heavy atom. The van der Waals surface area contributed by atoms with Gasteiger partial charge in [0.25, 0.3) is 11.6 Å². The molecule has 0 radical (unpaired) electrons. The number of Topliss-reactive ketones (excluding diaryl/α,β-unsaturated/α-hetero) is 2. The van der Waals surface area contributed by atoms with E-state index in [1.807, 2.05) is 12.1 Å². The van der Waals surface area contributed by atoms with Crippen LogP contribution in [-0.4, -0.2) is 43.6 Å². The van der Waals surface area contributed by atoms with E-state index in [-0.39, 0.29) is 34.1 Å². The van der Waals surface area contributed by atoms with Crippen molar-refractivity contribution in [3.05, 3.63) is 119 Å². The summed E-state index contributed by atoms with van der Waals surface area (Å²) in [5, 5.41) is 47.4. The van der Waals surface area contributed by atoms with E-state index in [1.165, 1.54) is 24.3 Å². The number of hydrogen-bond donors (Lipinski definition) is 4. The van der Waals surface area contributed by atoms with Crippen molar-refractivity contribution in [3.63, 3.8) is 0 Å². The van der Waals surface area contributed by atoms with Crippen LogP contribution in [0.5, 0.6) is 23.0 Å². The van der Waals surface area contributed by atoms with Gasteiger partial charge in [-0.25, -0.2) is 0 Å². The molecule has 4 atom stereocenters. The first kappa shape index (κ1) is 25.6. The number of rotatable bonds is 2. The van der Waals surface area contributed by atoms with Gasteiger partial charge in [0, 0.05) is 33.0 Å². The third kappa shape index (κ3) is 2.87. The average Bonchev–Trinajstić information content (AvgIpc) is 3.06. The van der Waals surface area contributed by atoms with Crippen molar-refractivity contribution in [3.8, 4) is 45.3 Å². The zero-order valence-electron chi connectivity index (χ0n) is 23.8. The largest absolute Gasteiger partial charge is 0.508 e. The lowest BCUT2D eigenvalue weighted by atomic mass is 9.59. The minimum atomic E-state index is -2.47. The van der Waals surface area contributed by atoms with Crippen molar-refractivity contribution in [2.45, 2.75) is 23.4 Å². The highest BCUT2D eigenvalue weighted by molar-refractivity contribution is 6.23. The number of hydrogen-bond acceptors (Lipinski definition) is 8. The summed E-state index contributed by atoms with van der Waals surface area (Å²) < 4.78 is 12.7. The van der Waals surface area contributed by atoms with Crippen LogP contribution in [-0.2, 0) is 0 Å². The van der Waals surface area contributed by atoms with Crippen LogP contribution >= 0.6 is 0 Å². The van der Waals surface area contributed by atoms with Crippen molar-refractivity contribution in [2.75, 3.05) is 0 Å². The number of aliphatic hydroxyl groups is 2. The summed E-state index contributed by atoms with van der Waals surface area (Å²) in [5.74, 6) is -8.19. The maximum atomic E-state index is 14.7. The Bertz CT molecular complexity index is 2240. The zero-order chi connectivity index (χ0) is 31.3. The normalized spacial score (nSPS) is 24.7. The predicted molar refractivity (Wildman–Crippen MR) is 167 cm³/mol. The molecule has 2 aliphatic heterocycles. The van der Waals surface area contributed by atoms with Crippen molar-refractivity contribution in [1.82, 2.24) is 0 Å². The van der Waals surface area contributed by atoms with Crippen LogP contribution in [0.4, 0.5) is 0 Å². The summed E-state index contributed by atoms with van der Waals surface area (Å²) in [7, 11) is 0. The van der Waals surface area contributed by atoms with Crippen LogP contribution in [0.2, 0.25) is 0 Å². The lowest BCUT2D eigenvalue weighted by molar-refractivity contribution is -0.193. The van der Waals surface area contributed by atoms with Gasteiger partial charge in [-0.05, 0) is 69.4 Å². The smallest absolute Gasteiger partial charge is 0.280 e. The summed E-state index contributed by atoms with van der Waals surface area (Å²) in [6.45, 7) is 0. The van der Waals surface area contributed by atoms with Gasteiger partial charge in [-0.3, -0.25) is 9.59 Å². The van der Waals surface area contributed by atoms with Crippen LogP contribution in [0.15, 0.2) is 97.1 Å². The second-order valence-electron chi connectivity index (χ2n) is 12.4. The molecule has 2 heterocycles. The molecule has 4 N–H and O–H groups in total. The standard InChI is InChI=1S/C38H22O8/c39-21-9-1-17(2-10-21)23-13-5-19-7-15-25-31-27(19)29(23)35(41)37(43)33(31)34-32-26(45-37)16-8-20-6-14-24(18-3-11-22(40)12-4-18)30(28(20)32)36(42)38(34,44)46-25/h1-16,33-34,39-40,43-44H. The molecule has 0 amide bonds. The highest BCUT2D eigenvalue weighted by Crippen LogP contribution is 2.66. The van der Waals surface area contributed by atoms with Gasteiger partial charge in [0.1, 0.15) is 23.0 Å². The molecule has 222 valence electrons. The molecular weight excluding hydrogens is 584 g/mol. The van der Waals surface area contributed by atoms with Gasteiger partial charge in [-0.15, -0.1) is 0 Å². The molecule has 8 heteroatoms. The summed E-state index contributed by atoms with van der Waals surface area (Å²) >= 11 is 0. The Labute approximate surface area is 260 Å². The van der Waals surface area contributed by atoms with Gasteiger partial charge in [0.2, 0.25) is 11.6 Å². The number of phenols is 2. The summed E-state index contributed by atoms with van der Waals surface area (Å²) in [6.07, 6.45) is 0. The van der Waals surface area contributed by atoms with Gasteiger partial charge < -0.3 is 29.9 Å². The van der Waals surface area contributed by atoms with E-state index in [1.54, 1.807) is 60.7 Å². The number of carbonyl (C=O) groups is 2. The van der Waals surface area contributed by atoms with Gasteiger partial charge in [-0.2, -0.15) is 0 Å². The first-order chi connectivity index (χ1) is 22.2. The van der Waals surface area contributed by atoms with Crippen molar-refractivity contribution >= 4 is 33.1 Å². The molecule has 2 aliphatic carbocycles. The van der Waals surface area contributed by atoms with E-state index in [2.05, 4.69) is 0 Å². The monoisotopic (exact) mass is 606 g/mol. The van der Waals surface area contributed by atoms with E-state index in [0.29, 0.717) is 44.2 Å². The van der Waals surface area contributed by atoms with Crippen LogP contribution in [0.25, 0.3) is 43.8 Å². The minimum absolute atomic E-state index is 0.0719. The predicted octanol–water partition coefficient (Wildman–Crippen LogP) is 6.16. The molecule has 0 aromatic heterocycles. The number of aromatic hydroxyl groups is 2. The van der Waals surface area contributed by atoms with Gasteiger partial charge >= 0.3 is 0 Å². The molecular formula is C38H22O8. The zero-order valence-corrected chi connectivity index (χ0v) is 23.8. The van der Waals surface area contributed by atoms with E-state index in [0.717, 1.165) is 10.8 Å². The number of carbonyl (C=O) groups excluding carboxylic acids is 2. The molecule has 6 aromatic carbocycles. The Morgan fingerprint density at radius 2 is 0.870 bits per heavy atom. The Morgan fingerprint density at radius 3 is 1.26 bits per heavy atom. The lowest BCUT2D eigenvalue weighted by Crippen LogP contribution is -2.65. The fourth-order valence-corrected chi connectivity index (χ4v) is 8.25. The highest BCUT2D eigenvalue weighted by atomic mass is 16.6. The second-order valence-corrected chi connectivity index (χ2v) is 12.4. The maximum Gasteiger partial charge on any atom is 0.280 e. The SMILES string of the molecule is O=C1c2c(-c3ccc(O)cc3)ccc3ccc4c(c23)C2C3c5c(ccc6ccc(-c7ccc(O)cc7)c(c56)C(=O)C3(O)O4)OC12O. The van der Waals surface area contributed by atoms with Crippen LogP contribution < -0.4 is 9.47 Å². The Hall–Kier alpha value is -5.70. The average molecular weight is 607 g/mol. The van der Waals surface area contributed by atoms with E-state index < -0.39 is 35.0 Å². The number of benzene rings is 6. The maximum absolute atomic E-state index is 14.7. The lowest BCUT2D eigenvalue weighted by Gasteiger charge is -2.55. The van der Waals surface area contributed by atoms with Crippen molar-refractivity contribution in [2.24, 2.45) is 0 Å². The number of ether oxygens (including phenoxy) is 2.